The van der Waals surface area contributed by atoms with Crippen LogP contribution in [0.3, 0.4) is 0 Å². The molecule has 1 aromatic carbocycles. The van der Waals surface area contributed by atoms with Crippen molar-refractivity contribution in [3.63, 3.8) is 0 Å². The first-order valence-corrected chi connectivity index (χ1v) is 12.3. The number of nitrogens with zero attached hydrogens (tertiary/aromatic N) is 1. The Bertz CT molecular complexity index is 1030. The summed E-state index contributed by atoms with van der Waals surface area (Å²) in [6, 6.07) is 0. The lowest BCUT2D eigenvalue weighted by molar-refractivity contribution is 0.0823. The van der Waals surface area contributed by atoms with Gasteiger partial charge >= 0.3 is 0 Å². The van der Waals surface area contributed by atoms with Gasteiger partial charge in [-0.15, -0.1) is 11.3 Å². The molecule has 0 spiro atoms. The Morgan fingerprint density at radius 1 is 1.16 bits per heavy atom. The Balaban J connectivity index is 2.43. The predicted molar refractivity (Wildman–Crippen MR) is 117 cm³/mol. The van der Waals surface area contributed by atoms with Gasteiger partial charge in [-0.2, -0.15) is 4.72 Å². The van der Waals surface area contributed by atoms with Crippen molar-refractivity contribution in [1.82, 2.24) is 9.71 Å². The van der Waals surface area contributed by atoms with E-state index in [1.807, 2.05) is 0 Å². The molecule has 1 atom stereocenters. The Morgan fingerprint density at radius 3 is 2.03 bits per heavy atom. The first kappa shape index (κ1) is 26.1. The van der Waals surface area contributed by atoms with Crippen molar-refractivity contribution in [2.24, 2.45) is 0 Å². The van der Waals surface area contributed by atoms with Crippen molar-refractivity contribution in [1.29, 1.82) is 0 Å². The number of hydrogen-bond donors (Lipinski definition) is 3. The van der Waals surface area contributed by atoms with Crippen molar-refractivity contribution >= 4 is 33.0 Å². The van der Waals surface area contributed by atoms with Gasteiger partial charge in [-0.05, 0) is 42.4 Å². The van der Waals surface area contributed by atoms with Crippen molar-refractivity contribution < 1.29 is 27.4 Å². The molecule has 0 aliphatic carbocycles. The highest BCUT2D eigenvalue weighted by atomic mass is 35.5. The molecule has 11 heteroatoms. The van der Waals surface area contributed by atoms with Crippen LogP contribution in [-0.2, 0) is 22.0 Å². The third-order valence-corrected chi connectivity index (χ3v) is 8.16. The second kappa shape index (κ2) is 9.36. The molecule has 2 rings (SSSR count). The van der Waals surface area contributed by atoms with Crippen molar-refractivity contribution in [2.45, 2.75) is 76.0 Å². The second-order valence-corrected chi connectivity index (χ2v) is 11.7. The van der Waals surface area contributed by atoms with E-state index in [4.69, 9.17) is 11.6 Å². The van der Waals surface area contributed by atoms with Crippen molar-refractivity contribution in [2.75, 3.05) is 0 Å². The van der Waals surface area contributed by atoms with Crippen LogP contribution >= 0.6 is 22.9 Å². The molecule has 0 aliphatic heterocycles. The average Bonchev–Trinajstić information content (AvgIpc) is 3.10. The molecule has 6 nitrogen and oxygen atoms in total. The van der Waals surface area contributed by atoms with Gasteiger partial charge in [0.25, 0.3) is 10.0 Å². The Morgan fingerprint density at radius 2 is 1.65 bits per heavy atom. The monoisotopic (exact) mass is 496 g/mol. The number of aliphatic hydroxyl groups excluding tert-OH is 1. The highest BCUT2D eigenvalue weighted by Gasteiger charge is 2.30. The van der Waals surface area contributed by atoms with Gasteiger partial charge in [0.1, 0.15) is 22.9 Å². The molecule has 0 amide bonds. The smallest absolute Gasteiger partial charge is 0.270 e. The topological polar surface area (TPSA) is 99.5 Å². The van der Waals surface area contributed by atoms with Crippen LogP contribution in [-0.4, -0.2) is 29.8 Å². The molecule has 0 saturated heterocycles. The molecule has 0 fully saturated rings. The molecule has 31 heavy (non-hydrogen) atoms. The van der Waals surface area contributed by atoms with Crippen LogP contribution in [0.2, 0.25) is 5.02 Å². The summed E-state index contributed by atoms with van der Waals surface area (Å²) in [6.45, 7) is 9.78. The van der Waals surface area contributed by atoms with Gasteiger partial charge in [-0.3, -0.25) is 0 Å². The van der Waals surface area contributed by atoms with Gasteiger partial charge in [0.05, 0.1) is 10.5 Å². The Labute approximate surface area is 190 Å². The summed E-state index contributed by atoms with van der Waals surface area (Å²) in [4.78, 5) is 4.13. The van der Waals surface area contributed by atoms with E-state index in [2.05, 4.69) is 9.71 Å². The average molecular weight is 497 g/mol. The molecule has 0 bridgehead atoms. The van der Waals surface area contributed by atoms with Crippen LogP contribution in [0, 0.1) is 11.6 Å². The molecule has 1 unspecified atom stereocenters. The minimum Gasteiger partial charge on any atom is -0.385 e. The highest BCUT2D eigenvalue weighted by molar-refractivity contribution is 7.91. The van der Waals surface area contributed by atoms with Crippen molar-refractivity contribution in [3.8, 4) is 0 Å². The first-order chi connectivity index (χ1) is 14.1. The Kier molecular flexibility index (Phi) is 7.88. The van der Waals surface area contributed by atoms with E-state index in [1.54, 1.807) is 27.7 Å². The zero-order valence-electron chi connectivity index (χ0n) is 18.1. The lowest BCUT2D eigenvalue weighted by Crippen LogP contribution is -2.37. The van der Waals surface area contributed by atoms with Crippen LogP contribution in [0.1, 0.15) is 74.9 Å². The zero-order valence-corrected chi connectivity index (χ0v) is 20.5. The summed E-state index contributed by atoms with van der Waals surface area (Å²) in [7, 11) is -4.23. The molecule has 2 aromatic rings. The molecule has 1 aromatic heterocycles. The second-order valence-electron chi connectivity index (χ2n) is 8.45. The minimum atomic E-state index is -4.23. The Hall–Kier alpha value is -1.17. The molecule has 174 valence electrons. The third-order valence-electron chi connectivity index (χ3n) is 4.67. The molecular formula is C20H27ClF2N2O4S2. The van der Waals surface area contributed by atoms with Crippen LogP contribution in [0.15, 0.2) is 10.5 Å². The fraction of sp³-hybridized carbons (Fsp3) is 0.550. The standard InChI is InChI=1S/C20H27ClF2N2O4S2/c1-9(2)14-11(15(10(3)4)18(23)16(21)17(14)22)7-13(26)25-31(28,29)19-24-8-12(30-19)20(5,6)27/h8-10,13,25-27H,7H2,1-6H3. The summed E-state index contributed by atoms with van der Waals surface area (Å²) in [5.41, 5.74) is -0.837. The van der Waals surface area contributed by atoms with Gasteiger partial charge in [0, 0.05) is 12.6 Å². The molecule has 1 heterocycles. The van der Waals surface area contributed by atoms with E-state index >= 15 is 0 Å². The van der Waals surface area contributed by atoms with E-state index in [0.29, 0.717) is 4.88 Å². The van der Waals surface area contributed by atoms with Gasteiger partial charge in [0.2, 0.25) is 4.34 Å². The van der Waals surface area contributed by atoms with Crippen molar-refractivity contribution in [3.05, 3.63) is 44.4 Å². The minimum absolute atomic E-state index is 0.131. The predicted octanol–water partition coefficient (Wildman–Crippen LogP) is 4.39. The fourth-order valence-corrected chi connectivity index (χ4v) is 5.73. The van der Waals surface area contributed by atoms with Crippen LogP contribution in [0.4, 0.5) is 8.78 Å². The van der Waals surface area contributed by atoms with E-state index < -0.39 is 38.5 Å². The van der Waals surface area contributed by atoms with Crippen LogP contribution < -0.4 is 4.72 Å². The number of thiazole rings is 1. The first-order valence-electron chi connectivity index (χ1n) is 9.66. The summed E-state index contributed by atoms with van der Waals surface area (Å²) >= 11 is 6.62. The van der Waals surface area contributed by atoms with Gasteiger partial charge in [-0.25, -0.2) is 22.2 Å². The number of nitrogens with one attached hydrogen (secondary N) is 1. The van der Waals surface area contributed by atoms with E-state index in [1.165, 1.54) is 20.0 Å². The summed E-state index contributed by atoms with van der Waals surface area (Å²) < 4.78 is 56.5. The van der Waals surface area contributed by atoms with Gasteiger partial charge in [0.15, 0.2) is 0 Å². The highest BCUT2D eigenvalue weighted by Crippen LogP contribution is 2.38. The third kappa shape index (κ3) is 5.61. The van der Waals surface area contributed by atoms with E-state index in [-0.39, 0.29) is 39.3 Å². The number of rotatable bonds is 8. The van der Waals surface area contributed by atoms with Crippen LogP contribution in [0.5, 0.6) is 0 Å². The number of aromatic nitrogens is 1. The molecule has 0 saturated carbocycles. The lowest BCUT2D eigenvalue weighted by Gasteiger charge is -2.24. The van der Waals surface area contributed by atoms with Gasteiger partial charge in [-0.1, -0.05) is 39.3 Å². The normalized spacial score (nSPS) is 14.0. The van der Waals surface area contributed by atoms with Gasteiger partial charge < -0.3 is 10.2 Å². The number of sulfonamides is 1. The number of halogens is 3. The number of benzene rings is 1. The number of aliphatic hydroxyl groups is 2. The maximum absolute atomic E-state index is 14.8. The summed E-state index contributed by atoms with van der Waals surface area (Å²) in [5.74, 6) is -2.61. The maximum atomic E-state index is 14.8. The lowest BCUT2D eigenvalue weighted by atomic mass is 9.86. The summed E-state index contributed by atoms with van der Waals surface area (Å²) in [6.07, 6.45) is -0.798. The molecule has 0 radical (unpaired) electrons. The largest absolute Gasteiger partial charge is 0.385 e. The number of hydrogen-bond acceptors (Lipinski definition) is 6. The van der Waals surface area contributed by atoms with E-state index in [0.717, 1.165) is 11.3 Å². The zero-order chi connectivity index (χ0) is 23.9. The molecule has 0 aliphatic rings. The molecular weight excluding hydrogens is 470 g/mol. The maximum Gasteiger partial charge on any atom is 0.270 e. The summed E-state index contributed by atoms with van der Waals surface area (Å²) in [5, 5.41) is 19.9. The van der Waals surface area contributed by atoms with E-state index in [9.17, 15) is 27.4 Å². The SMILES string of the molecule is CC(C)c1c(F)c(Cl)c(F)c(C(C)C)c1CC(O)NS(=O)(=O)c1ncc(C(C)(C)O)s1. The van der Waals surface area contributed by atoms with Crippen LogP contribution in [0.25, 0.3) is 0 Å². The fourth-order valence-electron chi connectivity index (χ4n) is 3.30. The molecule has 3 N–H and O–H groups in total. The quantitative estimate of drug-likeness (QED) is 0.372.